The summed E-state index contributed by atoms with van der Waals surface area (Å²) in [5.41, 5.74) is 0.564. The van der Waals surface area contributed by atoms with E-state index in [-0.39, 0.29) is 16.8 Å². The van der Waals surface area contributed by atoms with Crippen molar-refractivity contribution in [3.05, 3.63) is 46.9 Å². The van der Waals surface area contributed by atoms with Gasteiger partial charge >= 0.3 is 12.2 Å². The summed E-state index contributed by atoms with van der Waals surface area (Å²) in [6, 6.07) is 1.00. The number of carbonyl (C=O) groups is 1. The Bertz CT molecular complexity index is 1110. The van der Waals surface area contributed by atoms with Crippen LogP contribution in [0.25, 0.3) is 11.0 Å². The maximum atomic E-state index is 13.7. The van der Waals surface area contributed by atoms with Crippen LogP contribution >= 0.6 is 11.6 Å². The normalized spacial score (nSPS) is 15.6. The molecule has 12 heteroatoms. The number of nitrogens with zero attached hydrogens (tertiary/aromatic N) is 3. The lowest BCUT2D eigenvalue weighted by Crippen LogP contribution is -2.51. The van der Waals surface area contributed by atoms with Crippen molar-refractivity contribution in [1.82, 2.24) is 15.3 Å². The van der Waals surface area contributed by atoms with Crippen molar-refractivity contribution in [2.24, 2.45) is 0 Å². The zero-order valence-electron chi connectivity index (χ0n) is 16.1. The summed E-state index contributed by atoms with van der Waals surface area (Å²) >= 11 is 5.92. The molecule has 0 radical (unpaired) electrons. The Balaban J connectivity index is 1.51. The topological polar surface area (TPSA) is 104 Å². The smallest absolute Gasteiger partial charge is 0.416 e. The van der Waals surface area contributed by atoms with Gasteiger partial charge in [-0.15, -0.1) is 0 Å². The van der Waals surface area contributed by atoms with E-state index in [4.69, 9.17) is 16.0 Å². The van der Waals surface area contributed by atoms with Crippen LogP contribution in [0.2, 0.25) is 5.02 Å². The number of anilines is 2. The lowest BCUT2D eigenvalue weighted by atomic mass is 10.1. The highest BCUT2D eigenvalue weighted by Crippen LogP contribution is 2.39. The molecule has 3 N–H and O–H groups in total. The van der Waals surface area contributed by atoms with Crippen LogP contribution < -0.4 is 15.5 Å². The molecule has 8 nitrogen and oxygen atoms in total. The van der Waals surface area contributed by atoms with Gasteiger partial charge in [-0.3, -0.25) is 0 Å². The van der Waals surface area contributed by atoms with Crippen molar-refractivity contribution in [3.8, 4) is 0 Å². The third-order valence-corrected chi connectivity index (χ3v) is 5.08. The third kappa shape index (κ3) is 4.37. The molecule has 0 spiro atoms. The third-order valence-electron chi connectivity index (χ3n) is 4.84. The molecule has 1 aromatic carbocycles. The highest BCUT2D eigenvalue weighted by Gasteiger charge is 2.45. The predicted octanol–water partition coefficient (Wildman–Crippen LogP) is 3.79. The number of amides is 2. The van der Waals surface area contributed by atoms with Crippen molar-refractivity contribution < 1.29 is 27.5 Å². The number of aliphatic hydroxyl groups excluding tert-OH is 1. The van der Waals surface area contributed by atoms with Gasteiger partial charge in [-0.25, -0.2) is 14.8 Å². The molecule has 3 aromatic rings. The van der Waals surface area contributed by atoms with Gasteiger partial charge < -0.3 is 25.1 Å². The molecule has 0 bridgehead atoms. The zero-order chi connectivity index (χ0) is 22.3. The summed E-state index contributed by atoms with van der Waals surface area (Å²) in [5.74, 6) is -0.0798. The Morgan fingerprint density at radius 1 is 1.32 bits per heavy atom. The zero-order valence-corrected chi connectivity index (χ0v) is 16.8. The summed E-state index contributed by atoms with van der Waals surface area (Å²) in [5, 5.41) is 14.3. The molecular formula is C19H17ClF3N5O3. The molecule has 1 aliphatic rings. The first-order valence-electron chi connectivity index (χ1n) is 9.19. The van der Waals surface area contributed by atoms with Crippen molar-refractivity contribution in [3.63, 3.8) is 0 Å². The summed E-state index contributed by atoms with van der Waals surface area (Å²) in [6.45, 7) is 2.25. The number of hydrogen-bond acceptors (Lipinski definition) is 6. The van der Waals surface area contributed by atoms with Crippen molar-refractivity contribution >= 4 is 40.2 Å². The van der Waals surface area contributed by atoms with Crippen LogP contribution in [0, 0.1) is 6.92 Å². The van der Waals surface area contributed by atoms with E-state index in [0.717, 1.165) is 0 Å². The van der Waals surface area contributed by atoms with Gasteiger partial charge in [0, 0.05) is 29.1 Å². The first-order valence-corrected chi connectivity index (χ1v) is 9.57. The molecule has 31 heavy (non-hydrogen) atoms. The van der Waals surface area contributed by atoms with Crippen LogP contribution in [0.4, 0.5) is 29.6 Å². The van der Waals surface area contributed by atoms with Gasteiger partial charge in [-0.05, 0) is 25.1 Å². The van der Waals surface area contributed by atoms with E-state index >= 15 is 0 Å². The number of furan rings is 1. The number of nitrogens with one attached hydrogen (secondary N) is 2. The number of hydrogen-bond donors (Lipinski definition) is 3. The second kappa shape index (κ2) is 7.89. The highest BCUT2D eigenvalue weighted by molar-refractivity contribution is 6.31. The summed E-state index contributed by atoms with van der Waals surface area (Å²) in [7, 11) is 0. The molecule has 1 atom stereocenters. The molecule has 164 valence electrons. The van der Waals surface area contributed by atoms with Crippen LogP contribution in [-0.2, 0) is 0 Å². The Morgan fingerprint density at radius 3 is 2.61 bits per heavy atom. The van der Waals surface area contributed by atoms with Crippen LogP contribution in [0.3, 0.4) is 0 Å². The molecule has 0 aliphatic carbocycles. The van der Waals surface area contributed by atoms with E-state index in [9.17, 15) is 23.1 Å². The number of fused-ring (bicyclic) bond motifs is 1. The fourth-order valence-electron chi connectivity index (χ4n) is 3.25. The fraction of sp³-hybridized carbons (Fsp3) is 0.316. The van der Waals surface area contributed by atoms with Crippen LogP contribution in [-0.4, -0.2) is 46.5 Å². The number of halogens is 4. The van der Waals surface area contributed by atoms with Gasteiger partial charge in [-0.2, -0.15) is 13.2 Å². The minimum atomic E-state index is -4.81. The van der Waals surface area contributed by atoms with Gasteiger partial charge in [0.1, 0.15) is 11.3 Å². The van der Waals surface area contributed by atoms with Gasteiger partial charge in [0.05, 0.1) is 24.2 Å². The molecule has 4 rings (SSSR count). The summed E-state index contributed by atoms with van der Waals surface area (Å²) in [4.78, 5) is 22.0. The molecule has 1 aliphatic heterocycles. The number of urea groups is 1. The molecular weight excluding hydrogens is 439 g/mol. The molecule has 1 saturated heterocycles. The number of β-amino-alcohol motifs (C(OH)–C–C–N with tert-alkyl or cyclic N) is 1. The number of carbonyl (C=O) groups excluding carboxylic acids is 1. The van der Waals surface area contributed by atoms with Gasteiger partial charge in [0.2, 0.25) is 5.95 Å². The van der Waals surface area contributed by atoms with E-state index in [2.05, 4.69) is 15.3 Å². The molecule has 1 fully saturated rings. The monoisotopic (exact) mass is 455 g/mol. The van der Waals surface area contributed by atoms with Crippen LogP contribution in [0.15, 0.2) is 35.0 Å². The quantitative estimate of drug-likeness (QED) is 0.553. The van der Waals surface area contributed by atoms with E-state index in [1.54, 1.807) is 4.90 Å². The maximum Gasteiger partial charge on any atom is 0.416 e. The van der Waals surface area contributed by atoms with E-state index in [0.29, 0.717) is 29.4 Å². The van der Waals surface area contributed by atoms with Gasteiger partial charge in [0.25, 0.3) is 0 Å². The Labute approximate surface area is 179 Å². The lowest BCUT2D eigenvalue weighted by Gasteiger charge is -2.35. The molecule has 2 amide bonds. The molecule has 2 aromatic heterocycles. The van der Waals surface area contributed by atoms with Gasteiger partial charge in [-0.1, -0.05) is 11.6 Å². The second-order valence-corrected chi connectivity index (χ2v) is 7.57. The Morgan fingerprint density at radius 2 is 2.00 bits per heavy atom. The number of aromatic nitrogens is 2. The summed E-state index contributed by atoms with van der Waals surface area (Å²) < 4.78 is 46.6. The van der Waals surface area contributed by atoms with Crippen LogP contribution in [0.1, 0.15) is 17.4 Å². The van der Waals surface area contributed by atoms with Gasteiger partial charge in [0.15, 0.2) is 6.04 Å². The van der Waals surface area contributed by atoms with E-state index in [1.807, 2.05) is 5.32 Å². The average Bonchev–Trinajstić information content (AvgIpc) is 2.99. The number of benzene rings is 1. The maximum absolute atomic E-state index is 13.7. The SMILES string of the molecule is Cc1c([C@@H](NC(=O)Nc2cnc(N3CC(O)C3)nc2)C(F)(F)F)oc2ccc(Cl)cc12. The van der Waals surface area contributed by atoms with Crippen molar-refractivity contribution in [1.29, 1.82) is 0 Å². The minimum absolute atomic E-state index is 0.108. The Hall–Kier alpha value is -3.05. The fourth-order valence-corrected chi connectivity index (χ4v) is 3.42. The standard InChI is InChI=1S/C19H17ClF3N5O3/c1-9-13-4-10(20)2-3-14(13)31-15(9)16(19(21,22)23)27-18(30)26-11-5-24-17(25-6-11)28-7-12(29)8-28/h2-6,12,16,29H,7-8H2,1H3,(H2,26,27,30)/t16-/m1/s1. The number of alkyl halides is 3. The first kappa shape index (κ1) is 21.2. The summed E-state index contributed by atoms with van der Waals surface area (Å²) in [6.07, 6.45) is -2.71. The number of rotatable bonds is 4. The molecule has 0 saturated carbocycles. The number of aryl methyl sites for hydroxylation is 1. The molecule has 0 unspecified atom stereocenters. The van der Waals surface area contributed by atoms with Crippen LogP contribution in [0.5, 0.6) is 0 Å². The van der Waals surface area contributed by atoms with E-state index in [1.165, 1.54) is 37.5 Å². The van der Waals surface area contributed by atoms with Crippen molar-refractivity contribution in [2.75, 3.05) is 23.3 Å². The lowest BCUT2D eigenvalue weighted by molar-refractivity contribution is -0.158. The first-order chi connectivity index (χ1) is 14.6. The highest BCUT2D eigenvalue weighted by atomic mass is 35.5. The predicted molar refractivity (Wildman–Crippen MR) is 107 cm³/mol. The Kier molecular flexibility index (Phi) is 5.40. The van der Waals surface area contributed by atoms with E-state index < -0.39 is 30.1 Å². The average molecular weight is 456 g/mol. The second-order valence-electron chi connectivity index (χ2n) is 7.14. The number of aliphatic hydroxyl groups is 1. The largest absolute Gasteiger partial charge is 0.458 e. The molecule has 3 heterocycles. The van der Waals surface area contributed by atoms with Crippen molar-refractivity contribution in [2.45, 2.75) is 25.2 Å². The minimum Gasteiger partial charge on any atom is -0.458 e.